The van der Waals surface area contributed by atoms with Gasteiger partial charge in [0.25, 0.3) is 11.5 Å². The Bertz CT molecular complexity index is 1590. The number of aromatic nitrogens is 2. The third kappa shape index (κ3) is 4.78. The fourth-order valence-electron chi connectivity index (χ4n) is 4.42. The lowest BCUT2D eigenvalue weighted by Crippen LogP contribution is -2.38. The Kier molecular flexibility index (Phi) is 6.40. The number of hydrogen-bond donors (Lipinski definition) is 0. The van der Waals surface area contributed by atoms with Gasteiger partial charge >= 0.3 is 11.9 Å². The van der Waals surface area contributed by atoms with E-state index in [1.807, 2.05) is 30.3 Å². The fraction of sp³-hybridized carbons (Fsp3) is 0.269. The topological polar surface area (TPSA) is 73.0 Å². The lowest BCUT2D eigenvalue weighted by molar-refractivity contribution is -0.139. The highest BCUT2D eigenvalue weighted by Gasteiger charge is 2.36. The molecule has 37 heavy (non-hydrogen) atoms. The van der Waals surface area contributed by atoms with E-state index in [2.05, 4.69) is 0 Å². The molecule has 0 unspecified atom stereocenters. The van der Waals surface area contributed by atoms with E-state index in [9.17, 15) is 27.6 Å². The van der Waals surface area contributed by atoms with Gasteiger partial charge in [-0.25, -0.2) is 4.79 Å². The molecule has 1 aliphatic rings. The van der Waals surface area contributed by atoms with Crippen LogP contribution in [0.3, 0.4) is 0 Å². The van der Waals surface area contributed by atoms with E-state index in [1.165, 1.54) is 33.7 Å². The first-order chi connectivity index (χ1) is 17.6. The standard InChI is InChI=1S/C26H22F3N3O4S/c1-16-22(33)31(13-17-7-3-2-4-8-17)25(35)32-15-21(37-24(16)32)23(34)30-12-11-18(14-30)36-20-10-6-5-9-19(20)26(27,28)29/h2-10,15,18H,11-14H2,1H3/t18-/m0/s1. The summed E-state index contributed by atoms with van der Waals surface area (Å²) >= 11 is 1.04. The Morgan fingerprint density at radius 3 is 2.51 bits per heavy atom. The Balaban J connectivity index is 1.38. The molecule has 5 rings (SSSR count). The van der Waals surface area contributed by atoms with Gasteiger partial charge < -0.3 is 9.64 Å². The summed E-state index contributed by atoms with van der Waals surface area (Å²) in [7, 11) is 0. The van der Waals surface area contributed by atoms with Crippen LogP contribution in [-0.4, -0.2) is 39.0 Å². The van der Waals surface area contributed by atoms with Crippen molar-refractivity contribution in [2.45, 2.75) is 32.2 Å². The van der Waals surface area contributed by atoms with Gasteiger partial charge in [-0.05, 0) is 24.6 Å². The van der Waals surface area contributed by atoms with Gasteiger partial charge in [0, 0.05) is 24.7 Å². The van der Waals surface area contributed by atoms with Crippen molar-refractivity contribution >= 4 is 22.1 Å². The van der Waals surface area contributed by atoms with E-state index in [1.54, 1.807) is 6.92 Å². The van der Waals surface area contributed by atoms with Crippen molar-refractivity contribution in [2.24, 2.45) is 0 Å². The van der Waals surface area contributed by atoms with Gasteiger partial charge in [-0.15, -0.1) is 11.3 Å². The number of hydrogen-bond acceptors (Lipinski definition) is 5. The molecule has 192 valence electrons. The molecule has 1 amide bonds. The number of nitrogens with zero attached hydrogens (tertiary/aromatic N) is 3. The third-order valence-corrected chi connectivity index (χ3v) is 7.50. The molecule has 1 fully saturated rings. The minimum Gasteiger partial charge on any atom is -0.488 e. The zero-order valence-electron chi connectivity index (χ0n) is 19.7. The maximum atomic E-state index is 13.3. The molecule has 0 N–H and O–H groups in total. The van der Waals surface area contributed by atoms with Crippen molar-refractivity contribution in [1.82, 2.24) is 13.9 Å². The van der Waals surface area contributed by atoms with Crippen LogP contribution in [0.5, 0.6) is 5.75 Å². The Labute approximate surface area is 213 Å². The van der Waals surface area contributed by atoms with Gasteiger partial charge in [-0.3, -0.25) is 18.6 Å². The van der Waals surface area contributed by atoms with Crippen LogP contribution in [0.4, 0.5) is 13.2 Å². The number of aryl methyl sites for hydroxylation is 1. The fourth-order valence-corrected chi connectivity index (χ4v) is 5.47. The zero-order chi connectivity index (χ0) is 26.3. The molecule has 2 aromatic heterocycles. The summed E-state index contributed by atoms with van der Waals surface area (Å²) in [4.78, 5) is 41.4. The van der Waals surface area contributed by atoms with Gasteiger partial charge in [-0.2, -0.15) is 13.2 Å². The molecular formula is C26H22F3N3O4S. The monoisotopic (exact) mass is 529 g/mol. The predicted molar refractivity (Wildman–Crippen MR) is 132 cm³/mol. The van der Waals surface area contributed by atoms with Gasteiger partial charge in [-0.1, -0.05) is 42.5 Å². The average Bonchev–Trinajstić information content (AvgIpc) is 3.53. The highest BCUT2D eigenvalue weighted by molar-refractivity contribution is 7.19. The first-order valence-electron chi connectivity index (χ1n) is 11.5. The Morgan fingerprint density at radius 2 is 1.78 bits per heavy atom. The summed E-state index contributed by atoms with van der Waals surface area (Å²) in [6.07, 6.45) is -3.37. The first kappa shape index (κ1) is 24.8. The van der Waals surface area contributed by atoms with Crippen LogP contribution in [0, 0.1) is 6.92 Å². The van der Waals surface area contributed by atoms with Gasteiger partial charge in [0.1, 0.15) is 21.6 Å². The lowest BCUT2D eigenvalue weighted by atomic mass is 10.2. The molecular weight excluding hydrogens is 507 g/mol. The summed E-state index contributed by atoms with van der Waals surface area (Å²) < 4.78 is 48.0. The maximum absolute atomic E-state index is 13.3. The molecule has 0 bridgehead atoms. The smallest absolute Gasteiger partial charge is 0.419 e. The molecule has 1 atom stereocenters. The highest BCUT2D eigenvalue weighted by atomic mass is 32.1. The van der Waals surface area contributed by atoms with Crippen molar-refractivity contribution in [1.29, 1.82) is 0 Å². The van der Waals surface area contributed by atoms with Crippen LogP contribution in [-0.2, 0) is 12.7 Å². The Hall–Kier alpha value is -3.86. The number of amides is 1. The quantitative estimate of drug-likeness (QED) is 0.389. The molecule has 0 aliphatic carbocycles. The SMILES string of the molecule is Cc1c(=O)n(Cc2ccccc2)c(=O)n2cc(C(=O)N3CC[C@H](Oc4ccccc4C(F)(F)F)C3)sc12. The molecule has 0 spiro atoms. The van der Waals surface area contributed by atoms with Gasteiger partial charge in [0.2, 0.25) is 0 Å². The van der Waals surface area contributed by atoms with E-state index in [0.717, 1.165) is 27.5 Å². The lowest BCUT2D eigenvalue weighted by Gasteiger charge is -2.19. The number of fused-ring (bicyclic) bond motifs is 1. The maximum Gasteiger partial charge on any atom is 0.419 e. The number of ether oxygens (including phenoxy) is 1. The first-order valence-corrected chi connectivity index (χ1v) is 12.4. The van der Waals surface area contributed by atoms with Crippen molar-refractivity contribution in [2.75, 3.05) is 13.1 Å². The number of likely N-dealkylation sites (tertiary alicyclic amines) is 1. The number of carbonyl (C=O) groups excluding carboxylic acids is 1. The largest absolute Gasteiger partial charge is 0.488 e. The van der Waals surface area contributed by atoms with Gasteiger partial charge in [0.15, 0.2) is 0 Å². The predicted octanol–water partition coefficient (Wildman–Crippen LogP) is 4.19. The molecule has 3 heterocycles. The number of rotatable bonds is 5. The van der Waals surface area contributed by atoms with Crippen LogP contribution in [0.1, 0.15) is 32.8 Å². The van der Waals surface area contributed by atoms with Crippen LogP contribution < -0.4 is 16.0 Å². The number of alkyl halides is 3. The second kappa shape index (κ2) is 9.55. The third-order valence-electron chi connectivity index (χ3n) is 6.31. The molecule has 4 aromatic rings. The number of carbonyl (C=O) groups is 1. The zero-order valence-corrected chi connectivity index (χ0v) is 20.5. The summed E-state index contributed by atoms with van der Waals surface area (Å²) in [5, 5.41) is 0. The number of para-hydroxylation sites is 1. The minimum absolute atomic E-state index is 0.103. The second-order valence-corrected chi connectivity index (χ2v) is 9.86. The molecule has 0 radical (unpaired) electrons. The van der Waals surface area contributed by atoms with E-state index < -0.39 is 29.1 Å². The molecule has 1 saturated heterocycles. The average molecular weight is 530 g/mol. The number of benzene rings is 2. The van der Waals surface area contributed by atoms with Crippen molar-refractivity contribution < 1.29 is 22.7 Å². The molecule has 11 heteroatoms. The van der Waals surface area contributed by atoms with Crippen LogP contribution in [0.25, 0.3) is 4.83 Å². The summed E-state index contributed by atoms with van der Waals surface area (Å²) in [6.45, 7) is 2.11. The number of thiazole rings is 1. The van der Waals surface area contributed by atoms with E-state index in [0.29, 0.717) is 23.4 Å². The summed E-state index contributed by atoms with van der Waals surface area (Å²) in [5.74, 6) is -0.644. The van der Waals surface area contributed by atoms with E-state index in [-0.39, 0.29) is 29.6 Å². The van der Waals surface area contributed by atoms with Crippen molar-refractivity contribution in [3.05, 3.63) is 103 Å². The summed E-state index contributed by atoms with van der Waals surface area (Å²) in [5.41, 5.74) is -0.686. The van der Waals surface area contributed by atoms with E-state index in [4.69, 9.17) is 4.74 Å². The summed E-state index contributed by atoms with van der Waals surface area (Å²) in [6, 6.07) is 14.1. The molecule has 1 aliphatic heterocycles. The van der Waals surface area contributed by atoms with Crippen LogP contribution in [0.15, 0.2) is 70.4 Å². The van der Waals surface area contributed by atoms with Crippen molar-refractivity contribution in [3.63, 3.8) is 0 Å². The molecule has 7 nitrogen and oxygen atoms in total. The van der Waals surface area contributed by atoms with Crippen LogP contribution >= 0.6 is 11.3 Å². The van der Waals surface area contributed by atoms with E-state index >= 15 is 0 Å². The Morgan fingerprint density at radius 1 is 1.08 bits per heavy atom. The normalized spacial score (nSPS) is 15.9. The van der Waals surface area contributed by atoms with Gasteiger partial charge in [0.05, 0.1) is 18.7 Å². The molecule has 2 aromatic carbocycles. The molecule has 0 saturated carbocycles. The minimum atomic E-state index is -4.55. The number of halogens is 3. The van der Waals surface area contributed by atoms with Crippen molar-refractivity contribution in [3.8, 4) is 5.75 Å². The highest BCUT2D eigenvalue weighted by Crippen LogP contribution is 2.37. The second-order valence-electron chi connectivity index (χ2n) is 8.83. The van der Waals surface area contributed by atoms with Crippen LogP contribution in [0.2, 0.25) is 0 Å².